The molecule has 4 rings (SSSR count). The van der Waals surface area contributed by atoms with Crippen LogP contribution >= 0.6 is 11.8 Å². The van der Waals surface area contributed by atoms with Gasteiger partial charge in [-0.15, -0.1) is 11.8 Å². The molecule has 0 bridgehead atoms. The number of phenolic OH excluding ortho intramolecular Hbond substituents is 1. The first kappa shape index (κ1) is 20.5. The van der Waals surface area contributed by atoms with E-state index in [-0.39, 0.29) is 17.7 Å². The zero-order valence-electron chi connectivity index (χ0n) is 17.8. The van der Waals surface area contributed by atoms with Gasteiger partial charge in [0.25, 0.3) is 5.91 Å². The van der Waals surface area contributed by atoms with E-state index >= 15 is 0 Å². The summed E-state index contributed by atoms with van der Waals surface area (Å²) in [5.41, 5.74) is 5.72. The molecular formula is C24H27N3O2S. The van der Waals surface area contributed by atoms with E-state index in [1.807, 2.05) is 24.8 Å². The second-order valence-corrected chi connectivity index (χ2v) is 8.74. The number of amides is 1. The van der Waals surface area contributed by atoms with E-state index < -0.39 is 0 Å². The van der Waals surface area contributed by atoms with Crippen molar-refractivity contribution < 1.29 is 9.90 Å². The largest absolute Gasteiger partial charge is 0.507 e. The number of aromatic nitrogens is 2. The smallest absolute Gasteiger partial charge is 0.273 e. The molecule has 156 valence electrons. The molecule has 2 heterocycles. The lowest BCUT2D eigenvalue weighted by atomic mass is 9.93. The van der Waals surface area contributed by atoms with Gasteiger partial charge in [-0.1, -0.05) is 31.5 Å². The summed E-state index contributed by atoms with van der Waals surface area (Å²) < 4.78 is 0. The molecule has 6 heteroatoms. The van der Waals surface area contributed by atoms with Crippen LogP contribution < -0.4 is 0 Å². The van der Waals surface area contributed by atoms with Gasteiger partial charge in [0.15, 0.2) is 0 Å². The first-order valence-corrected chi connectivity index (χ1v) is 11.5. The van der Waals surface area contributed by atoms with Crippen molar-refractivity contribution in [3.05, 3.63) is 64.3 Å². The molecule has 0 radical (unpaired) electrons. The van der Waals surface area contributed by atoms with Crippen LogP contribution in [0.2, 0.25) is 0 Å². The molecule has 5 nitrogen and oxygen atoms in total. The molecule has 1 amide bonds. The number of H-pyrrole nitrogens is 1. The van der Waals surface area contributed by atoms with Crippen LogP contribution in [0.1, 0.15) is 58.5 Å². The molecule has 1 aromatic heterocycles. The Morgan fingerprint density at radius 3 is 2.57 bits per heavy atom. The number of hydrogen-bond donors (Lipinski definition) is 2. The molecule has 1 atom stereocenters. The minimum atomic E-state index is -0.219. The summed E-state index contributed by atoms with van der Waals surface area (Å²) in [6.07, 6.45) is 4.00. The Bertz CT molecular complexity index is 1070. The lowest BCUT2D eigenvalue weighted by molar-refractivity contribution is 0.0741. The Kier molecular flexibility index (Phi) is 5.60. The van der Waals surface area contributed by atoms with Crippen molar-refractivity contribution in [1.82, 2.24) is 15.1 Å². The van der Waals surface area contributed by atoms with Gasteiger partial charge >= 0.3 is 0 Å². The number of benzene rings is 2. The van der Waals surface area contributed by atoms with Gasteiger partial charge in [-0.25, -0.2) is 0 Å². The standard InChI is InChI=1S/C24H27N3O2S/c1-5-6-11-27-23(16-7-9-17(30-4)10-8-16)20-21(25-26-22(20)24(27)29)19-15(3)12-14(2)13-18(19)28/h7-10,12-13,23,28H,5-6,11H2,1-4H3,(H,25,26). The number of carbonyl (C=O) groups excluding carboxylic acids is 1. The maximum Gasteiger partial charge on any atom is 0.273 e. The second-order valence-electron chi connectivity index (χ2n) is 7.86. The van der Waals surface area contributed by atoms with E-state index in [0.29, 0.717) is 23.5 Å². The molecule has 30 heavy (non-hydrogen) atoms. The number of hydrogen-bond acceptors (Lipinski definition) is 4. The highest BCUT2D eigenvalue weighted by atomic mass is 32.2. The van der Waals surface area contributed by atoms with Crippen LogP contribution in [-0.2, 0) is 0 Å². The number of fused-ring (bicyclic) bond motifs is 1. The maximum atomic E-state index is 13.3. The summed E-state index contributed by atoms with van der Waals surface area (Å²) in [6, 6.07) is 11.9. The summed E-state index contributed by atoms with van der Waals surface area (Å²) in [4.78, 5) is 16.4. The molecule has 0 spiro atoms. The number of nitrogens with one attached hydrogen (secondary N) is 1. The molecule has 1 aliphatic rings. The van der Waals surface area contributed by atoms with Crippen molar-refractivity contribution in [3.63, 3.8) is 0 Å². The lowest BCUT2D eigenvalue weighted by Gasteiger charge is -2.26. The third kappa shape index (κ3) is 3.39. The zero-order chi connectivity index (χ0) is 21.4. The van der Waals surface area contributed by atoms with Crippen molar-refractivity contribution in [1.29, 1.82) is 0 Å². The average Bonchev–Trinajstić information content (AvgIpc) is 3.25. The SMILES string of the molecule is CCCCN1C(=O)c2[nH]nc(-c3c(C)cc(C)cc3O)c2C1c1ccc(SC)cc1. The monoisotopic (exact) mass is 421 g/mol. The van der Waals surface area contributed by atoms with Gasteiger partial charge < -0.3 is 10.0 Å². The van der Waals surface area contributed by atoms with Crippen LogP contribution in [0.3, 0.4) is 0 Å². The van der Waals surface area contributed by atoms with E-state index in [2.05, 4.69) is 47.6 Å². The van der Waals surface area contributed by atoms with Crippen LogP contribution in [0.25, 0.3) is 11.3 Å². The fourth-order valence-electron chi connectivity index (χ4n) is 4.33. The predicted octanol–water partition coefficient (Wildman–Crippen LogP) is 5.47. The minimum absolute atomic E-state index is 0.0274. The molecule has 1 aliphatic heterocycles. The zero-order valence-corrected chi connectivity index (χ0v) is 18.6. The number of nitrogens with zero attached hydrogens (tertiary/aromatic N) is 2. The third-order valence-corrected chi connectivity index (χ3v) is 6.49. The third-order valence-electron chi connectivity index (χ3n) is 5.74. The molecule has 0 saturated heterocycles. The molecule has 3 aromatic rings. The van der Waals surface area contributed by atoms with Crippen LogP contribution in [0, 0.1) is 13.8 Å². The van der Waals surface area contributed by atoms with E-state index in [0.717, 1.165) is 35.1 Å². The lowest BCUT2D eigenvalue weighted by Crippen LogP contribution is -2.30. The Hall–Kier alpha value is -2.73. The number of aromatic amines is 1. The average molecular weight is 422 g/mol. The molecule has 0 aliphatic carbocycles. The maximum absolute atomic E-state index is 13.3. The topological polar surface area (TPSA) is 69.2 Å². The number of aryl methyl sites for hydroxylation is 2. The fraction of sp³-hybridized carbons (Fsp3) is 0.333. The van der Waals surface area contributed by atoms with Crippen molar-refractivity contribution >= 4 is 17.7 Å². The molecule has 0 saturated carbocycles. The second kappa shape index (κ2) is 8.19. The number of aromatic hydroxyl groups is 1. The molecule has 2 N–H and O–H groups in total. The van der Waals surface area contributed by atoms with Gasteiger partial charge in [0, 0.05) is 22.6 Å². The van der Waals surface area contributed by atoms with E-state index in [4.69, 9.17) is 0 Å². The van der Waals surface area contributed by atoms with Crippen LogP contribution in [-0.4, -0.2) is 38.9 Å². The minimum Gasteiger partial charge on any atom is -0.507 e. The normalized spacial score (nSPS) is 15.7. The van der Waals surface area contributed by atoms with Crippen molar-refractivity contribution in [2.75, 3.05) is 12.8 Å². The van der Waals surface area contributed by atoms with Crippen molar-refractivity contribution in [2.24, 2.45) is 0 Å². The highest BCUT2D eigenvalue weighted by Crippen LogP contribution is 2.45. The number of carbonyl (C=O) groups is 1. The summed E-state index contributed by atoms with van der Waals surface area (Å²) in [5, 5.41) is 18.2. The highest BCUT2D eigenvalue weighted by molar-refractivity contribution is 7.98. The van der Waals surface area contributed by atoms with Crippen molar-refractivity contribution in [2.45, 2.75) is 44.6 Å². The first-order valence-electron chi connectivity index (χ1n) is 10.3. The quantitative estimate of drug-likeness (QED) is 0.518. The Morgan fingerprint density at radius 1 is 1.20 bits per heavy atom. The summed E-state index contributed by atoms with van der Waals surface area (Å²) in [6.45, 7) is 6.74. The summed E-state index contributed by atoms with van der Waals surface area (Å²) >= 11 is 1.70. The molecular weight excluding hydrogens is 394 g/mol. The Labute approximate surface area is 181 Å². The van der Waals surface area contributed by atoms with E-state index in [9.17, 15) is 9.90 Å². The molecule has 0 fully saturated rings. The van der Waals surface area contributed by atoms with Gasteiger partial charge in [-0.2, -0.15) is 5.10 Å². The Balaban J connectivity index is 1.89. The van der Waals surface area contributed by atoms with Gasteiger partial charge in [0.2, 0.25) is 0 Å². The first-order chi connectivity index (χ1) is 14.5. The van der Waals surface area contributed by atoms with Crippen LogP contribution in [0.5, 0.6) is 5.75 Å². The van der Waals surface area contributed by atoms with Gasteiger partial charge in [-0.3, -0.25) is 9.89 Å². The number of unbranched alkanes of at least 4 members (excludes halogenated alkanes) is 1. The van der Waals surface area contributed by atoms with Crippen LogP contribution in [0.4, 0.5) is 0 Å². The van der Waals surface area contributed by atoms with E-state index in [1.165, 1.54) is 4.90 Å². The highest BCUT2D eigenvalue weighted by Gasteiger charge is 2.42. The number of phenols is 1. The molecule has 2 aromatic carbocycles. The predicted molar refractivity (Wildman–Crippen MR) is 121 cm³/mol. The van der Waals surface area contributed by atoms with Crippen molar-refractivity contribution in [3.8, 4) is 17.0 Å². The molecule has 1 unspecified atom stereocenters. The van der Waals surface area contributed by atoms with Crippen LogP contribution in [0.15, 0.2) is 41.3 Å². The fourth-order valence-corrected chi connectivity index (χ4v) is 4.74. The van der Waals surface area contributed by atoms with Gasteiger partial charge in [-0.05, 0) is 61.4 Å². The van der Waals surface area contributed by atoms with Gasteiger partial charge in [0.1, 0.15) is 17.1 Å². The number of rotatable bonds is 6. The Morgan fingerprint density at radius 2 is 1.93 bits per heavy atom. The summed E-state index contributed by atoms with van der Waals surface area (Å²) in [5.74, 6) is 0.165. The van der Waals surface area contributed by atoms with Gasteiger partial charge in [0.05, 0.1) is 6.04 Å². The summed E-state index contributed by atoms with van der Waals surface area (Å²) in [7, 11) is 0. The number of thioether (sulfide) groups is 1. The van der Waals surface area contributed by atoms with E-state index in [1.54, 1.807) is 17.8 Å².